The average Bonchev–Trinajstić information content (AvgIpc) is 2.45. The van der Waals surface area contributed by atoms with Gasteiger partial charge >= 0.3 is 5.97 Å². The number of aromatic carboxylic acids is 1. The van der Waals surface area contributed by atoms with Gasteiger partial charge in [-0.2, -0.15) is 0 Å². The van der Waals surface area contributed by atoms with E-state index in [0.717, 1.165) is 32.1 Å². The van der Waals surface area contributed by atoms with E-state index >= 15 is 0 Å². The standard InChI is InChI=1S/C15H20Cl2O4/c1-2-3-4-5-6-7-8-9-10(15(20)21)13(18)14(19)12(17)11(9)16/h18-19H,2-8H2,1H3,(H,20,21). The quantitative estimate of drug-likeness (QED) is 0.461. The zero-order valence-corrected chi connectivity index (χ0v) is 13.5. The van der Waals surface area contributed by atoms with Crippen LogP contribution in [-0.4, -0.2) is 21.3 Å². The Morgan fingerprint density at radius 1 is 0.952 bits per heavy atom. The third kappa shape index (κ3) is 4.42. The van der Waals surface area contributed by atoms with Gasteiger partial charge < -0.3 is 15.3 Å². The van der Waals surface area contributed by atoms with E-state index in [1.807, 2.05) is 0 Å². The van der Waals surface area contributed by atoms with Gasteiger partial charge in [-0.3, -0.25) is 0 Å². The van der Waals surface area contributed by atoms with E-state index in [1.54, 1.807) is 0 Å². The van der Waals surface area contributed by atoms with Crippen LogP contribution in [0.15, 0.2) is 0 Å². The summed E-state index contributed by atoms with van der Waals surface area (Å²) < 4.78 is 0. The second kappa shape index (κ2) is 8.35. The maximum atomic E-state index is 11.3. The first kappa shape index (κ1) is 17.9. The molecule has 21 heavy (non-hydrogen) atoms. The molecule has 0 bridgehead atoms. The predicted molar refractivity (Wildman–Crippen MR) is 83.8 cm³/mol. The number of carboxylic acids is 1. The molecule has 118 valence electrons. The molecule has 4 nitrogen and oxygen atoms in total. The maximum Gasteiger partial charge on any atom is 0.339 e. The van der Waals surface area contributed by atoms with Crippen molar-refractivity contribution in [2.75, 3.05) is 0 Å². The molecule has 1 rings (SSSR count). The SMILES string of the molecule is CCCCCCCCc1c(Cl)c(Cl)c(O)c(O)c1C(=O)O. The number of rotatable bonds is 8. The first-order valence-electron chi connectivity index (χ1n) is 7.06. The summed E-state index contributed by atoms with van der Waals surface area (Å²) in [5.41, 5.74) is -0.0876. The zero-order valence-electron chi connectivity index (χ0n) is 12.0. The van der Waals surface area contributed by atoms with Crippen LogP contribution in [0.2, 0.25) is 10.0 Å². The van der Waals surface area contributed by atoms with Gasteiger partial charge in [0.2, 0.25) is 0 Å². The van der Waals surface area contributed by atoms with Crippen LogP contribution in [0.25, 0.3) is 0 Å². The molecule has 0 aliphatic carbocycles. The molecule has 0 heterocycles. The number of carboxylic acid groups (broad SMARTS) is 1. The number of hydrogen-bond acceptors (Lipinski definition) is 3. The van der Waals surface area contributed by atoms with E-state index in [4.69, 9.17) is 23.2 Å². The number of aromatic hydroxyl groups is 2. The van der Waals surface area contributed by atoms with Crippen molar-refractivity contribution in [1.29, 1.82) is 0 Å². The molecule has 3 N–H and O–H groups in total. The van der Waals surface area contributed by atoms with Gasteiger partial charge in [0.1, 0.15) is 10.6 Å². The molecule has 0 radical (unpaired) electrons. The van der Waals surface area contributed by atoms with Crippen molar-refractivity contribution in [2.45, 2.75) is 51.9 Å². The van der Waals surface area contributed by atoms with Crippen LogP contribution in [0.3, 0.4) is 0 Å². The van der Waals surface area contributed by atoms with E-state index in [0.29, 0.717) is 6.42 Å². The van der Waals surface area contributed by atoms with Crippen LogP contribution in [-0.2, 0) is 6.42 Å². The van der Waals surface area contributed by atoms with Crippen molar-refractivity contribution in [3.05, 3.63) is 21.2 Å². The minimum atomic E-state index is -1.33. The van der Waals surface area contributed by atoms with Gasteiger partial charge in [-0.05, 0) is 18.4 Å². The number of unbranched alkanes of at least 4 members (excludes halogenated alkanes) is 5. The summed E-state index contributed by atoms with van der Waals surface area (Å²) in [4.78, 5) is 11.3. The van der Waals surface area contributed by atoms with Crippen molar-refractivity contribution < 1.29 is 20.1 Å². The molecule has 0 unspecified atom stereocenters. The molecule has 6 heteroatoms. The smallest absolute Gasteiger partial charge is 0.339 e. The Morgan fingerprint density at radius 2 is 1.52 bits per heavy atom. The lowest BCUT2D eigenvalue weighted by Crippen LogP contribution is -2.05. The number of benzene rings is 1. The summed E-state index contributed by atoms with van der Waals surface area (Å²) in [6.07, 6.45) is 6.69. The average molecular weight is 335 g/mol. The molecule has 1 aromatic rings. The number of hydrogen-bond donors (Lipinski definition) is 3. The van der Waals surface area contributed by atoms with Crippen molar-refractivity contribution in [3.8, 4) is 11.5 Å². The lowest BCUT2D eigenvalue weighted by atomic mass is 9.99. The van der Waals surface area contributed by atoms with Crippen LogP contribution in [0.4, 0.5) is 0 Å². The first-order valence-corrected chi connectivity index (χ1v) is 7.82. The number of halogens is 2. The van der Waals surface area contributed by atoms with Crippen molar-refractivity contribution in [3.63, 3.8) is 0 Å². The van der Waals surface area contributed by atoms with Crippen molar-refractivity contribution >= 4 is 29.2 Å². The van der Waals surface area contributed by atoms with Gasteiger partial charge in [0.25, 0.3) is 0 Å². The third-order valence-electron chi connectivity index (χ3n) is 3.42. The predicted octanol–water partition coefficient (Wildman–Crippen LogP) is 5.01. The fourth-order valence-electron chi connectivity index (χ4n) is 2.26. The molecule has 0 amide bonds. The molecule has 0 aliphatic heterocycles. The Balaban J connectivity index is 2.88. The molecular formula is C15H20Cl2O4. The van der Waals surface area contributed by atoms with Gasteiger partial charge in [-0.15, -0.1) is 0 Å². The minimum Gasteiger partial charge on any atom is -0.504 e. The van der Waals surface area contributed by atoms with Crippen LogP contribution >= 0.6 is 23.2 Å². The number of phenolic OH excluding ortho intramolecular Hbond substituents is 1. The first-order chi connectivity index (χ1) is 9.91. The topological polar surface area (TPSA) is 77.8 Å². The summed E-state index contributed by atoms with van der Waals surface area (Å²) >= 11 is 11.8. The van der Waals surface area contributed by atoms with Gasteiger partial charge in [-0.1, -0.05) is 62.2 Å². The largest absolute Gasteiger partial charge is 0.504 e. The van der Waals surface area contributed by atoms with E-state index in [-0.39, 0.29) is 21.2 Å². The Morgan fingerprint density at radius 3 is 2.10 bits per heavy atom. The second-order valence-electron chi connectivity index (χ2n) is 5.00. The second-order valence-corrected chi connectivity index (χ2v) is 5.76. The highest BCUT2D eigenvalue weighted by molar-refractivity contribution is 6.44. The zero-order chi connectivity index (χ0) is 16.0. The van der Waals surface area contributed by atoms with Crippen LogP contribution < -0.4 is 0 Å². The van der Waals surface area contributed by atoms with Gasteiger partial charge in [0.05, 0.1) is 5.02 Å². The van der Waals surface area contributed by atoms with Crippen molar-refractivity contribution in [1.82, 2.24) is 0 Å². The highest BCUT2D eigenvalue weighted by Crippen LogP contribution is 2.44. The summed E-state index contributed by atoms with van der Waals surface area (Å²) in [5.74, 6) is -2.74. The minimum absolute atomic E-state index is 0.00192. The van der Waals surface area contributed by atoms with Gasteiger partial charge in [-0.25, -0.2) is 4.79 Å². The van der Waals surface area contributed by atoms with Crippen LogP contribution in [0.1, 0.15) is 61.4 Å². The lowest BCUT2D eigenvalue weighted by Gasteiger charge is -2.13. The highest BCUT2D eigenvalue weighted by atomic mass is 35.5. The Labute approximate surface area is 134 Å². The normalized spacial score (nSPS) is 10.8. The fourth-order valence-corrected chi connectivity index (χ4v) is 2.74. The molecule has 0 saturated carbocycles. The molecule has 0 fully saturated rings. The molecule has 1 aromatic carbocycles. The van der Waals surface area contributed by atoms with Gasteiger partial charge in [0, 0.05) is 0 Å². The van der Waals surface area contributed by atoms with Crippen LogP contribution in [0.5, 0.6) is 11.5 Å². The third-order valence-corrected chi connectivity index (χ3v) is 4.30. The van der Waals surface area contributed by atoms with Crippen LogP contribution in [0, 0.1) is 0 Å². The lowest BCUT2D eigenvalue weighted by molar-refractivity contribution is 0.0691. The van der Waals surface area contributed by atoms with E-state index in [9.17, 15) is 20.1 Å². The Hall–Kier alpha value is -1.13. The van der Waals surface area contributed by atoms with Crippen molar-refractivity contribution in [2.24, 2.45) is 0 Å². The monoisotopic (exact) mass is 334 g/mol. The fraction of sp³-hybridized carbons (Fsp3) is 0.533. The molecule has 0 spiro atoms. The summed E-state index contributed by atoms with van der Waals surface area (Å²) in [5, 5.41) is 28.3. The molecule has 0 atom stereocenters. The summed E-state index contributed by atoms with van der Waals surface area (Å²) in [7, 11) is 0. The van der Waals surface area contributed by atoms with E-state index < -0.39 is 17.5 Å². The molecular weight excluding hydrogens is 315 g/mol. The number of phenols is 2. The molecule has 0 aliphatic rings. The Bertz CT molecular complexity index is 515. The number of carbonyl (C=O) groups is 1. The summed E-state index contributed by atoms with van der Waals surface area (Å²) in [6, 6.07) is 0. The van der Waals surface area contributed by atoms with Gasteiger partial charge in [0.15, 0.2) is 11.5 Å². The molecule has 0 aromatic heterocycles. The highest BCUT2D eigenvalue weighted by Gasteiger charge is 2.25. The maximum absolute atomic E-state index is 11.3. The van der Waals surface area contributed by atoms with E-state index in [1.165, 1.54) is 6.42 Å². The summed E-state index contributed by atoms with van der Waals surface area (Å²) in [6.45, 7) is 2.14. The van der Waals surface area contributed by atoms with E-state index in [2.05, 4.69) is 6.92 Å². The molecule has 0 saturated heterocycles. The Kier molecular flexibility index (Phi) is 7.12.